The minimum absolute atomic E-state index is 0.00191. The van der Waals surface area contributed by atoms with Gasteiger partial charge in [-0.2, -0.15) is 0 Å². The molecule has 4 nitrogen and oxygen atoms in total. The molecule has 5 heteroatoms. The van der Waals surface area contributed by atoms with E-state index in [9.17, 15) is 9.90 Å². The van der Waals surface area contributed by atoms with E-state index >= 15 is 0 Å². The maximum Gasteiger partial charge on any atom is 0.227 e. The van der Waals surface area contributed by atoms with Crippen LogP contribution in [0.1, 0.15) is 24.8 Å². The molecule has 2 fully saturated rings. The Bertz CT molecular complexity index is 536. The molecule has 1 saturated carbocycles. The van der Waals surface area contributed by atoms with Gasteiger partial charge in [-0.25, -0.2) is 0 Å². The van der Waals surface area contributed by atoms with Crippen LogP contribution in [-0.4, -0.2) is 47.8 Å². The number of aliphatic hydroxyl groups is 1. The van der Waals surface area contributed by atoms with Crippen molar-refractivity contribution in [1.29, 1.82) is 0 Å². The van der Waals surface area contributed by atoms with Crippen LogP contribution in [0.3, 0.4) is 0 Å². The van der Waals surface area contributed by atoms with Crippen molar-refractivity contribution in [3.63, 3.8) is 0 Å². The number of benzene rings is 1. The third-order valence-corrected chi connectivity index (χ3v) is 4.99. The summed E-state index contributed by atoms with van der Waals surface area (Å²) >= 11 is 5.99. The van der Waals surface area contributed by atoms with E-state index in [0.717, 1.165) is 24.8 Å². The number of hydrogen-bond donors (Lipinski definition) is 1. The third-order valence-electron chi connectivity index (χ3n) is 4.76. The van der Waals surface area contributed by atoms with Crippen molar-refractivity contribution in [2.24, 2.45) is 5.92 Å². The summed E-state index contributed by atoms with van der Waals surface area (Å²) in [7, 11) is 0. The molecule has 2 aliphatic rings. The van der Waals surface area contributed by atoms with Crippen molar-refractivity contribution in [3.8, 4) is 0 Å². The highest BCUT2D eigenvalue weighted by molar-refractivity contribution is 6.30. The lowest BCUT2D eigenvalue weighted by Gasteiger charge is -2.40. The lowest BCUT2D eigenvalue weighted by atomic mass is 9.93. The van der Waals surface area contributed by atoms with E-state index in [4.69, 9.17) is 16.3 Å². The summed E-state index contributed by atoms with van der Waals surface area (Å²) in [6.07, 6.45) is 2.86. The molecule has 1 aromatic rings. The first-order valence-electron chi connectivity index (χ1n) is 7.95. The molecule has 0 radical (unpaired) electrons. The van der Waals surface area contributed by atoms with Crippen molar-refractivity contribution in [1.82, 2.24) is 4.90 Å². The molecule has 3 rings (SSSR count). The average molecular weight is 324 g/mol. The summed E-state index contributed by atoms with van der Waals surface area (Å²) in [6.45, 7) is 1.71. The summed E-state index contributed by atoms with van der Waals surface area (Å²) in [6, 6.07) is 7.42. The molecule has 3 unspecified atom stereocenters. The Balaban J connectivity index is 1.71. The number of halogens is 1. The lowest BCUT2D eigenvalue weighted by Crippen LogP contribution is -2.54. The first-order chi connectivity index (χ1) is 10.6. The Morgan fingerprint density at radius 1 is 1.41 bits per heavy atom. The molecule has 1 saturated heterocycles. The van der Waals surface area contributed by atoms with Gasteiger partial charge >= 0.3 is 0 Å². The molecule has 0 aromatic heterocycles. The number of ether oxygens (including phenoxy) is 1. The van der Waals surface area contributed by atoms with Gasteiger partial charge in [-0.15, -0.1) is 0 Å². The summed E-state index contributed by atoms with van der Waals surface area (Å²) in [5.41, 5.74) is 0.926. The Labute approximate surface area is 136 Å². The van der Waals surface area contributed by atoms with Gasteiger partial charge in [0.1, 0.15) is 0 Å². The topological polar surface area (TPSA) is 49.8 Å². The molecule has 1 heterocycles. The molecular formula is C17H22ClNO3. The van der Waals surface area contributed by atoms with Crippen molar-refractivity contribution in [3.05, 3.63) is 34.9 Å². The van der Waals surface area contributed by atoms with Gasteiger partial charge in [0.25, 0.3) is 0 Å². The Kier molecular flexibility index (Phi) is 5.01. The van der Waals surface area contributed by atoms with E-state index in [0.29, 0.717) is 31.2 Å². The van der Waals surface area contributed by atoms with Crippen molar-refractivity contribution < 1.29 is 14.6 Å². The molecule has 1 amide bonds. The van der Waals surface area contributed by atoms with Gasteiger partial charge in [0.15, 0.2) is 0 Å². The van der Waals surface area contributed by atoms with E-state index in [-0.39, 0.29) is 24.0 Å². The first-order valence-corrected chi connectivity index (χ1v) is 8.32. The summed E-state index contributed by atoms with van der Waals surface area (Å²) in [4.78, 5) is 14.6. The van der Waals surface area contributed by atoms with Crippen LogP contribution in [0.15, 0.2) is 24.3 Å². The quantitative estimate of drug-likeness (QED) is 0.928. The SMILES string of the molecule is O=C(Cc1cccc(Cl)c1)N1CCOCC1C1CCCC1O. The van der Waals surface area contributed by atoms with Gasteiger partial charge in [0.05, 0.1) is 31.8 Å². The maximum absolute atomic E-state index is 12.7. The zero-order valence-electron chi connectivity index (χ0n) is 12.6. The smallest absolute Gasteiger partial charge is 0.227 e. The number of nitrogens with zero attached hydrogens (tertiary/aromatic N) is 1. The van der Waals surface area contributed by atoms with Crippen LogP contribution in [0.5, 0.6) is 0 Å². The fraction of sp³-hybridized carbons (Fsp3) is 0.588. The van der Waals surface area contributed by atoms with Gasteiger partial charge in [0.2, 0.25) is 5.91 Å². The molecule has 1 N–H and O–H groups in total. The average Bonchev–Trinajstić information content (AvgIpc) is 2.93. The van der Waals surface area contributed by atoms with Crippen LogP contribution in [0.25, 0.3) is 0 Å². The van der Waals surface area contributed by atoms with Crippen LogP contribution < -0.4 is 0 Å². The molecular weight excluding hydrogens is 302 g/mol. The highest BCUT2D eigenvalue weighted by Crippen LogP contribution is 2.32. The van der Waals surface area contributed by atoms with E-state index in [1.807, 2.05) is 29.2 Å². The van der Waals surface area contributed by atoms with Gasteiger partial charge in [0, 0.05) is 17.5 Å². The predicted octanol–water partition coefficient (Wildman–Crippen LogP) is 2.27. The summed E-state index contributed by atoms with van der Waals surface area (Å²) in [5, 5.41) is 10.8. The zero-order chi connectivity index (χ0) is 15.5. The Hall–Kier alpha value is -1.10. The molecule has 120 valence electrons. The van der Waals surface area contributed by atoms with E-state index in [2.05, 4.69) is 0 Å². The lowest BCUT2D eigenvalue weighted by molar-refractivity contribution is -0.143. The van der Waals surface area contributed by atoms with Crippen LogP contribution in [0.2, 0.25) is 5.02 Å². The number of morpholine rings is 1. The number of amides is 1. The van der Waals surface area contributed by atoms with Gasteiger partial charge in [-0.1, -0.05) is 30.2 Å². The van der Waals surface area contributed by atoms with Crippen LogP contribution in [0, 0.1) is 5.92 Å². The standard InChI is InChI=1S/C17H22ClNO3/c18-13-4-1-3-12(9-13)10-17(21)19-7-8-22-11-15(19)14-5-2-6-16(14)20/h1,3-4,9,14-16,20H,2,5-8,10-11H2. The number of aliphatic hydroxyl groups excluding tert-OH is 1. The number of carbonyl (C=O) groups excluding carboxylic acids is 1. The largest absolute Gasteiger partial charge is 0.393 e. The normalized spacial score (nSPS) is 28.8. The van der Waals surface area contributed by atoms with Crippen molar-refractivity contribution in [2.45, 2.75) is 37.8 Å². The summed E-state index contributed by atoms with van der Waals surface area (Å²) < 4.78 is 5.57. The van der Waals surface area contributed by atoms with Gasteiger partial charge < -0.3 is 14.7 Å². The van der Waals surface area contributed by atoms with Crippen LogP contribution >= 0.6 is 11.6 Å². The highest BCUT2D eigenvalue weighted by Gasteiger charge is 2.39. The molecule has 0 bridgehead atoms. The molecule has 3 atom stereocenters. The molecule has 22 heavy (non-hydrogen) atoms. The second-order valence-electron chi connectivity index (χ2n) is 6.20. The second kappa shape index (κ2) is 6.99. The number of hydrogen-bond acceptors (Lipinski definition) is 3. The molecule has 1 aliphatic carbocycles. The predicted molar refractivity (Wildman–Crippen MR) is 84.8 cm³/mol. The monoisotopic (exact) mass is 323 g/mol. The third kappa shape index (κ3) is 3.45. The number of carbonyl (C=O) groups is 1. The maximum atomic E-state index is 12.7. The van der Waals surface area contributed by atoms with Crippen molar-refractivity contribution in [2.75, 3.05) is 19.8 Å². The number of rotatable bonds is 3. The highest BCUT2D eigenvalue weighted by atomic mass is 35.5. The zero-order valence-corrected chi connectivity index (χ0v) is 13.3. The first kappa shape index (κ1) is 15.8. The molecule has 1 aliphatic heterocycles. The Morgan fingerprint density at radius 3 is 3.00 bits per heavy atom. The fourth-order valence-corrected chi connectivity index (χ4v) is 3.84. The van der Waals surface area contributed by atoms with Gasteiger partial charge in [-0.05, 0) is 30.5 Å². The minimum atomic E-state index is -0.312. The summed E-state index contributed by atoms with van der Waals surface area (Å²) in [5.74, 6) is 0.235. The fourth-order valence-electron chi connectivity index (χ4n) is 3.63. The van der Waals surface area contributed by atoms with Crippen molar-refractivity contribution >= 4 is 17.5 Å². The van der Waals surface area contributed by atoms with E-state index < -0.39 is 0 Å². The van der Waals surface area contributed by atoms with E-state index in [1.165, 1.54) is 0 Å². The van der Waals surface area contributed by atoms with Crippen LogP contribution in [-0.2, 0) is 16.0 Å². The van der Waals surface area contributed by atoms with Gasteiger partial charge in [-0.3, -0.25) is 4.79 Å². The minimum Gasteiger partial charge on any atom is -0.393 e. The second-order valence-corrected chi connectivity index (χ2v) is 6.63. The molecule has 1 aromatic carbocycles. The molecule has 0 spiro atoms. The van der Waals surface area contributed by atoms with E-state index in [1.54, 1.807) is 0 Å². The Morgan fingerprint density at radius 2 is 2.27 bits per heavy atom. The van der Waals surface area contributed by atoms with Crippen LogP contribution in [0.4, 0.5) is 0 Å².